The van der Waals surface area contributed by atoms with E-state index in [0.717, 1.165) is 24.7 Å². The van der Waals surface area contributed by atoms with E-state index in [1.807, 2.05) is 0 Å². The van der Waals surface area contributed by atoms with Gasteiger partial charge in [0.1, 0.15) is 5.60 Å². The molecule has 2 bridgehead atoms. The quantitative estimate of drug-likeness (QED) is 0.599. The fourth-order valence-electron chi connectivity index (χ4n) is 4.43. The molecule has 0 saturated heterocycles. The van der Waals surface area contributed by atoms with Gasteiger partial charge >= 0.3 is 5.97 Å². The predicted molar refractivity (Wildman–Crippen MR) is 52.7 cm³/mol. The van der Waals surface area contributed by atoms with E-state index in [0.29, 0.717) is 5.41 Å². The number of esters is 1. The minimum atomic E-state index is -0.0814. The fraction of sp³-hybridized carbons (Fsp3) is 0.917. The minimum Gasteiger partial charge on any atom is -0.459 e. The van der Waals surface area contributed by atoms with Crippen molar-refractivity contribution in [3.8, 4) is 0 Å². The van der Waals surface area contributed by atoms with E-state index in [-0.39, 0.29) is 11.6 Å². The van der Waals surface area contributed by atoms with Gasteiger partial charge in [0.2, 0.25) is 0 Å². The van der Waals surface area contributed by atoms with Crippen LogP contribution in [-0.2, 0) is 9.53 Å². The Kier molecular flexibility index (Phi) is 1.46. The van der Waals surface area contributed by atoms with Gasteiger partial charge in [-0.25, -0.2) is 0 Å². The molecule has 0 aromatic heterocycles. The number of rotatable bonds is 1. The van der Waals surface area contributed by atoms with E-state index in [1.165, 1.54) is 19.3 Å². The molecule has 2 nitrogen and oxygen atoms in total. The van der Waals surface area contributed by atoms with Crippen LogP contribution in [0.5, 0.6) is 0 Å². The molecule has 3 saturated carbocycles. The smallest absolute Gasteiger partial charge is 0.303 e. The first-order valence-corrected chi connectivity index (χ1v) is 5.75. The molecule has 0 N–H and O–H groups in total. The summed E-state index contributed by atoms with van der Waals surface area (Å²) >= 11 is 0. The molecule has 0 aromatic rings. The first kappa shape index (κ1) is 8.75. The average Bonchev–Trinajstić information content (AvgIpc) is 2.43. The van der Waals surface area contributed by atoms with Gasteiger partial charge in [-0.05, 0) is 43.9 Å². The summed E-state index contributed by atoms with van der Waals surface area (Å²) in [5.74, 6) is 1.60. The van der Waals surface area contributed by atoms with Crippen LogP contribution < -0.4 is 0 Å². The molecule has 78 valence electrons. The maximum atomic E-state index is 11.1. The van der Waals surface area contributed by atoms with Crippen molar-refractivity contribution in [3.05, 3.63) is 0 Å². The van der Waals surface area contributed by atoms with Crippen molar-refractivity contribution < 1.29 is 9.53 Å². The zero-order chi connectivity index (χ0) is 9.97. The molecule has 3 fully saturated rings. The van der Waals surface area contributed by atoms with Gasteiger partial charge in [0.15, 0.2) is 0 Å². The maximum absolute atomic E-state index is 11.1. The summed E-state index contributed by atoms with van der Waals surface area (Å²) in [6, 6.07) is 0. The van der Waals surface area contributed by atoms with Crippen LogP contribution in [0.15, 0.2) is 0 Å². The van der Waals surface area contributed by atoms with E-state index in [1.54, 1.807) is 6.92 Å². The first-order chi connectivity index (χ1) is 6.55. The van der Waals surface area contributed by atoms with Crippen LogP contribution in [0.2, 0.25) is 0 Å². The standard InChI is InChI=1S/C12H18O2/c1-8-3-10-5-11(4-8)7-12(11,6-10)14-9(2)13/h8,10H,3-7H2,1-2H3. The average molecular weight is 194 g/mol. The Labute approximate surface area is 85.0 Å². The largest absolute Gasteiger partial charge is 0.459 e. The molecule has 3 aliphatic rings. The molecule has 1 spiro atoms. The topological polar surface area (TPSA) is 26.3 Å². The van der Waals surface area contributed by atoms with Gasteiger partial charge < -0.3 is 4.74 Å². The second-order valence-corrected chi connectivity index (χ2v) is 5.86. The lowest BCUT2D eigenvalue weighted by atomic mass is 9.77. The lowest BCUT2D eigenvalue weighted by Gasteiger charge is -2.27. The minimum absolute atomic E-state index is 0.00569. The number of fused-ring (bicyclic) bond motifs is 1. The maximum Gasteiger partial charge on any atom is 0.303 e. The molecule has 3 rings (SSSR count). The van der Waals surface area contributed by atoms with E-state index >= 15 is 0 Å². The zero-order valence-electron chi connectivity index (χ0n) is 9.01. The van der Waals surface area contributed by atoms with E-state index in [2.05, 4.69) is 6.92 Å². The fourth-order valence-corrected chi connectivity index (χ4v) is 4.43. The van der Waals surface area contributed by atoms with E-state index < -0.39 is 0 Å². The van der Waals surface area contributed by atoms with Gasteiger partial charge in [-0.2, -0.15) is 0 Å². The molecule has 4 atom stereocenters. The Balaban J connectivity index is 1.84. The summed E-state index contributed by atoms with van der Waals surface area (Å²) in [5.41, 5.74) is 0.412. The third kappa shape index (κ3) is 0.945. The zero-order valence-corrected chi connectivity index (χ0v) is 9.01. The highest BCUT2D eigenvalue weighted by Crippen LogP contribution is 2.76. The van der Waals surface area contributed by atoms with Crippen LogP contribution in [0.25, 0.3) is 0 Å². The third-order valence-electron chi connectivity index (χ3n) is 4.58. The molecule has 2 heteroatoms. The second kappa shape index (κ2) is 2.34. The summed E-state index contributed by atoms with van der Waals surface area (Å²) in [4.78, 5) is 11.1. The number of carbonyl (C=O) groups excluding carboxylic acids is 1. The molecule has 14 heavy (non-hydrogen) atoms. The third-order valence-corrected chi connectivity index (χ3v) is 4.58. The molecule has 0 amide bonds. The predicted octanol–water partition coefficient (Wildman–Crippen LogP) is 2.52. The Morgan fingerprint density at radius 3 is 2.86 bits per heavy atom. The van der Waals surface area contributed by atoms with Gasteiger partial charge in [-0.3, -0.25) is 4.79 Å². The van der Waals surface area contributed by atoms with Gasteiger partial charge in [0.05, 0.1) is 0 Å². The molecule has 0 aliphatic heterocycles. The van der Waals surface area contributed by atoms with Crippen molar-refractivity contribution in [2.75, 3.05) is 0 Å². The normalized spacial score (nSPS) is 53.9. The summed E-state index contributed by atoms with van der Waals surface area (Å²) in [6.45, 7) is 3.89. The molecule has 0 heterocycles. The second-order valence-electron chi connectivity index (χ2n) is 5.86. The first-order valence-electron chi connectivity index (χ1n) is 5.75. The van der Waals surface area contributed by atoms with E-state index in [9.17, 15) is 4.79 Å². The van der Waals surface area contributed by atoms with Crippen molar-refractivity contribution in [2.24, 2.45) is 17.3 Å². The van der Waals surface area contributed by atoms with Crippen molar-refractivity contribution >= 4 is 5.97 Å². The van der Waals surface area contributed by atoms with Crippen molar-refractivity contribution in [1.29, 1.82) is 0 Å². The Morgan fingerprint density at radius 2 is 2.14 bits per heavy atom. The number of ether oxygens (including phenoxy) is 1. The summed E-state index contributed by atoms with van der Waals surface area (Å²) in [7, 11) is 0. The highest BCUT2D eigenvalue weighted by Gasteiger charge is 2.76. The molecule has 4 unspecified atom stereocenters. The summed E-state index contributed by atoms with van der Waals surface area (Å²) < 4.78 is 5.59. The monoisotopic (exact) mass is 194 g/mol. The van der Waals surface area contributed by atoms with Gasteiger partial charge in [-0.15, -0.1) is 0 Å². The van der Waals surface area contributed by atoms with Crippen molar-refractivity contribution in [3.63, 3.8) is 0 Å². The lowest BCUT2D eigenvalue weighted by Crippen LogP contribution is -2.22. The van der Waals surface area contributed by atoms with E-state index in [4.69, 9.17) is 4.74 Å². The number of hydrogen-bond donors (Lipinski definition) is 0. The SMILES string of the molecule is CC(=O)OC12CC3CC(C)CC1(C3)C2. The van der Waals surface area contributed by atoms with Crippen molar-refractivity contribution in [2.45, 2.75) is 51.6 Å². The van der Waals surface area contributed by atoms with Crippen molar-refractivity contribution in [1.82, 2.24) is 0 Å². The number of carbonyl (C=O) groups is 1. The van der Waals surface area contributed by atoms with Gasteiger partial charge in [0.25, 0.3) is 0 Å². The Bertz CT molecular complexity index is 299. The van der Waals surface area contributed by atoms with Crippen LogP contribution in [0.4, 0.5) is 0 Å². The summed E-state index contributed by atoms with van der Waals surface area (Å²) in [6.07, 6.45) is 6.27. The molecule has 0 radical (unpaired) electrons. The number of hydrogen-bond acceptors (Lipinski definition) is 2. The van der Waals surface area contributed by atoms with Gasteiger partial charge in [-0.1, -0.05) is 6.92 Å². The van der Waals surface area contributed by atoms with Crippen LogP contribution in [-0.4, -0.2) is 11.6 Å². The summed E-state index contributed by atoms with van der Waals surface area (Å²) in [5, 5.41) is 0. The Morgan fingerprint density at radius 1 is 1.36 bits per heavy atom. The van der Waals surface area contributed by atoms with Crippen LogP contribution in [0.3, 0.4) is 0 Å². The highest BCUT2D eigenvalue weighted by molar-refractivity contribution is 5.67. The Hall–Kier alpha value is -0.530. The van der Waals surface area contributed by atoms with Crippen LogP contribution in [0.1, 0.15) is 46.0 Å². The van der Waals surface area contributed by atoms with Crippen LogP contribution >= 0.6 is 0 Å². The molecule has 0 aromatic carbocycles. The van der Waals surface area contributed by atoms with Gasteiger partial charge in [0, 0.05) is 12.3 Å². The molecule has 3 aliphatic carbocycles. The highest BCUT2D eigenvalue weighted by atomic mass is 16.6. The lowest BCUT2D eigenvalue weighted by molar-refractivity contribution is -0.150. The molecular weight excluding hydrogens is 176 g/mol. The molecular formula is C12H18O2. The van der Waals surface area contributed by atoms with Crippen LogP contribution in [0, 0.1) is 17.3 Å².